The van der Waals surface area contributed by atoms with Crippen LogP contribution in [0.3, 0.4) is 0 Å². The molecule has 2 nitrogen and oxygen atoms in total. The highest BCUT2D eigenvalue weighted by molar-refractivity contribution is 7.80. The van der Waals surface area contributed by atoms with Crippen LogP contribution in [0.5, 0.6) is 0 Å². The van der Waals surface area contributed by atoms with E-state index >= 15 is 0 Å². The van der Waals surface area contributed by atoms with E-state index in [0.717, 1.165) is 30.1 Å². The van der Waals surface area contributed by atoms with Gasteiger partial charge in [0.2, 0.25) is 0 Å². The van der Waals surface area contributed by atoms with Gasteiger partial charge in [-0.3, -0.25) is 9.89 Å². The number of rotatable bonds is 6. The normalized spacial score (nSPS) is 12.2. The molecule has 5 heteroatoms. The smallest absolute Gasteiger partial charge is 0.0913 e. The molecule has 0 N–H and O–H groups in total. The minimum Gasteiger partial charge on any atom is -0.284 e. The van der Waals surface area contributed by atoms with Crippen LogP contribution < -0.4 is 0 Å². The topological polar surface area (TPSA) is 15.6 Å². The van der Waals surface area contributed by atoms with Crippen LogP contribution in [0.4, 0.5) is 0 Å². The van der Waals surface area contributed by atoms with Gasteiger partial charge in [-0.1, -0.05) is 36.2 Å². The molecule has 18 heavy (non-hydrogen) atoms. The number of aliphatic imine (C=N–C) groups is 1. The minimum absolute atomic E-state index is 0.640. The van der Waals surface area contributed by atoms with E-state index in [4.69, 9.17) is 23.2 Å². The summed E-state index contributed by atoms with van der Waals surface area (Å²) in [7, 11) is 0. The van der Waals surface area contributed by atoms with E-state index in [0.29, 0.717) is 16.7 Å². The third-order valence-corrected chi connectivity index (χ3v) is 3.44. The van der Waals surface area contributed by atoms with E-state index in [2.05, 4.69) is 29.4 Å². The van der Waals surface area contributed by atoms with Crippen molar-refractivity contribution < 1.29 is 0 Å². The Bertz CT molecular complexity index is 421. The molecule has 0 atom stereocenters. The zero-order valence-corrected chi connectivity index (χ0v) is 13.1. The van der Waals surface area contributed by atoms with Crippen molar-refractivity contribution in [2.75, 3.05) is 25.5 Å². The Morgan fingerprint density at radius 1 is 1.39 bits per heavy atom. The molecule has 0 amide bonds. The van der Waals surface area contributed by atoms with Crippen LogP contribution in [0.2, 0.25) is 10.0 Å². The highest BCUT2D eigenvalue weighted by Crippen LogP contribution is 2.21. The van der Waals surface area contributed by atoms with Crippen LogP contribution in [-0.2, 0) is 0 Å². The Hall–Kier alpha value is -0.220. The Balaban J connectivity index is 2.76. The van der Waals surface area contributed by atoms with Crippen molar-refractivity contribution >= 4 is 41.5 Å². The fourth-order valence-corrected chi connectivity index (χ4v) is 2.37. The molecule has 0 spiro atoms. The second-order valence-electron chi connectivity index (χ2n) is 3.94. The average molecular weight is 305 g/mol. The van der Waals surface area contributed by atoms with Crippen LogP contribution in [-0.4, -0.2) is 36.1 Å². The Morgan fingerprint density at radius 2 is 2.11 bits per heavy atom. The summed E-state index contributed by atoms with van der Waals surface area (Å²) in [6.07, 6.45) is 0. The number of thiol groups is 1. The van der Waals surface area contributed by atoms with Gasteiger partial charge in [-0.05, 0) is 25.6 Å². The quantitative estimate of drug-likeness (QED) is 0.620. The largest absolute Gasteiger partial charge is 0.284 e. The molecule has 1 aromatic rings. The number of halogens is 2. The maximum Gasteiger partial charge on any atom is 0.0913 e. The molecule has 0 saturated heterocycles. The van der Waals surface area contributed by atoms with Crippen molar-refractivity contribution in [2.24, 2.45) is 4.99 Å². The lowest BCUT2D eigenvalue weighted by Gasteiger charge is -2.17. The maximum atomic E-state index is 6.14. The highest BCUT2D eigenvalue weighted by atomic mass is 35.5. The number of hydrogen-bond donors (Lipinski definition) is 1. The standard InChI is InChI=1S/C13H18Cl2N2S/c1-3-17(6-7-18)9-16-10(2)12-5-4-11(14)8-13(12)15/h4-5,8,18H,3,6-7,9H2,1-2H3/b16-10+. The predicted molar refractivity (Wildman–Crippen MR) is 84.6 cm³/mol. The summed E-state index contributed by atoms with van der Waals surface area (Å²) in [5, 5.41) is 1.28. The van der Waals surface area contributed by atoms with Crippen molar-refractivity contribution in [3.63, 3.8) is 0 Å². The zero-order chi connectivity index (χ0) is 13.5. The summed E-state index contributed by atoms with van der Waals surface area (Å²) in [6.45, 7) is 6.64. The molecule has 1 rings (SSSR count). The summed E-state index contributed by atoms with van der Waals surface area (Å²) >= 11 is 16.2. The Kier molecular flexibility index (Phi) is 7.08. The van der Waals surface area contributed by atoms with E-state index in [9.17, 15) is 0 Å². The third kappa shape index (κ3) is 4.81. The summed E-state index contributed by atoms with van der Waals surface area (Å²) in [6, 6.07) is 5.47. The highest BCUT2D eigenvalue weighted by Gasteiger charge is 2.05. The van der Waals surface area contributed by atoms with Crippen molar-refractivity contribution in [1.29, 1.82) is 0 Å². The Morgan fingerprint density at radius 3 is 2.67 bits per heavy atom. The van der Waals surface area contributed by atoms with Gasteiger partial charge in [-0.25, -0.2) is 0 Å². The van der Waals surface area contributed by atoms with E-state index in [1.54, 1.807) is 6.07 Å². The summed E-state index contributed by atoms with van der Waals surface area (Å²) in [5.74, 6) is 0.837. The van der Waals surface area contributed by atoms with E-state index < -0.39 is 0 Å². The molecule has 0 unspecified atom stereocenters. The first-order valence-corrected chi connectivity index (χ1v) is 7.27. The molecule has 0 bridgehead atoms. The number of benzene rings is 1. The van der Waals surface area contributed by atoms with E-state index in [-0.39, 0.29) is 0 Å². The van der Waals surface area contributed by atoms with Crippen LogP contribution >= 0.6 is 35.8 Å². The van der Waals surface area contributed by atoms with Crippen molar-refractivity contribution in [2.45, 2.75) is 13.8 Å². The molecule has 1 aromatic carbocycles. The van der Waals surface area contributed by atoms with Crippen molar-refractivity contribution in [1.82, 2.24) is 4.90 Å². The van der Waals surface area contributed by atoms with Gasteiger partial charge < -0.3 is 0 Å². The lowest BCUT2D eigenvalue weighted by molar-refractivity contribution is 0.317. The summed E-state index contributed by atoms with van der Waals surface area (Å²) in [4.78, 5) is 6.78. The molecule has 0 fully saturated rings. The molecule has 0 radical (unpaired) electrons. The second-order valence-corrected chi connectivity index (χ2v) is 5.23. The van der Waals surface area contributed by atoms with Gasteiger partial charge in [0.15, 0.2) is 0 Å². The molecule has 0 heterocycles. The van der Waals surface area contributed by atoms with Gasteiger partial charge >= 0.3 is 0 Å². The monoisotopic (exact) mass is 304 g/mol. The Labute approximate surface area is 124 Å². The van der Waals surface area contributed by atoms with Crippen LogP contribution in [0.1, 0.15) is 19.4 Å². The van der Waals surface area contributed by atoms with Gasteiger partial charge in [-0.2, -0.15) is 12.6 Å². The predicted octanol–water partition coefficient (Wildman–Crippen LogP) is 4.01. The minimum atomic E-state index is 0.640. The van der Waals surface area contributed by atoms with Crippen LogP contribution in [0.15, 0.2) is 23.2 Å². The summed E-state index contributed by atoms with van der Waals surface area (Å²) < 4.78 is 0. The molecule has 100 valence electrons. The first-order valence-electron chi connectivity index (χ1n) is 5.88. The maximum absolute atomic E-state index is 6.14. The van der Waals surface area contributed by atoms with Gasteiger partial charge in [0, 0.05) is 28.6 Å². The first kappa shape index (κ1) is 15.8. The molecule has 0 aromatic heterocycles. The number of nitrogens with zero attached hydrogens (tertiary/aromatic N) is 2. The molecular weight excluding hydrogens is 287 g/mol. The lowest BCUT2D eigenvalue weighted by atomic mass is 10.1. The van der Waals surface area contributed by atoms with E-state index in [1.807, 2.05) is 19.1 Å². The average Bonchev–Trinajstić information content (AvgIpc) is 2.34. The molecule has 0 aliphatic rings. The fourth-order valence-electron chi connectivity index (χ4n) is 1.54. The van der Waals surface area contributed by atoms with Gasteiger partial charge in [-0.15, -0.1) is 0 Å². The van der Waals surface area contributed by atoms with Gasteiger partial charge in [0.25, 0.3) is 0 Å². The first-order chi connectivity index (χ1) is 8.58. The lowest BCUT2D eigenvalue weighted by Crippen LogP contribution is -2.26. The van der Waals surface area contributed by atoms with Crippen LogP contribution in [0, 0.1) is 0 Å². The SMILES string of the molecule is CCN(CCS)C/N=C(\C)c1ccc(Cl)cc1Cl. The molecule has 0 aliphatic carbocycles. The van der Waals surface area contributed by atoms with Gasteiger partial charge in [0.1, 0.15) is 0 Å². The van der Waals surface area contributed by atoms with Gasteiger partial charge in [0.05, 0.1) is 11.7 Å². The second kappa shape index (κ2) is 8.05. The summed E-state index contributed by atoms with van der Waals surface area (Å²) in [5.41, 5.74) is 1.86. The molecular formula is C13H18Cl2N2S. The zero-order valence-electron chi connectivity index (χ0n) is 10.7. The number of hydrogen-bond acceptors (Lipinski definition) is 3. The van der Waals surface area contributed by atoms with E-state index in [1.165, 1.54) is 0 Å². The molecule has 0 saturated carbocycles. The van der Waals surface area contributed by atoms with Crippen molar-refractivity contribution in [3.8, 4) is 0 Å². The fraction of sp³-hybridized carbons (Fsp3) is 0.462. The van der Waals surface area contributed by atoms with Crippen LogP contribution in [0.25, 0.3) is 0 Å². The third-order valence-electron chi connectivity index (χ3n) is 2.69. The molecule has 0 aliphatic heterocycles. The van der Waals surface area contributed by atoms with Crippen molar-refractivity contribution in [3.05, 3.63) is 33.8 Å².